The molecular formula is C14H20N2O. The highest BCUT2D eigenvalue weighted by atomic mass is 16.1. The van der Waals surface area contributed by atoms with Gasteiger partial charge >= 0.3 is 0 Å². The van der Waals surface area contributed by atoms with Gasteiger partial charge in [0.1, 0.15) is 0 Å². The van der Waals surface area contributed by atoms with Gasteiger partial charge in [-0.15, -0.1) is 0 Å². The van der Waals surface area contributed by atoms with E-state index in [0.29, 0.717) is 5.92 Å². The van der Waals surface area contributed by atoms with Crippen LogP contribution in [0.25, 0.3) is 0 Å². The summed E-state index contributed by atoms with van der Waals surface area (Å²) in [5, 5.41) is 6.53. The first-order valence-electron chi connectivity index (χ1n) is 6.20. The van der Waals surface area contributed by atoms with Gasteiger partial charge in [0.2, 0.25) is 0 Å². The van der Waals surface area contributed by atoms with Crippen molar-refractivity contribution in [1.82, 2.24) is 10.6 Å². The molecule has 3 heteroatoms. The van der Waals surface area contributed by atoms with Gasteiger partial charge in [-0.1, -0.05) is 25.1 Å². The lowest BCUT2D eigenvalue weighted by atomic mass is 9.81. The molecule has 1 aromatic carbocycles. The second kappa shape index (κ2) is 4.88. The number of carbonyl (C=O) groups excluding carboxylic acids is 1. The Labute approximate surface area is 103 Å². The second-order valence-electron chi connectivity index (χ2n) is 5.09. The number of amides is 1. The average Bonchev–Trinajstić information content (AvgIpc) is 2.34. The number of carbonyl (C=O) groups is 1. The zero-order chi connectivity index (χ0) is 12.3. The van der Waals surface area contributed by atoms with E-state index in [2.05, 4.69) is 24.5 Å². The third kappa shape index (κ3) is 2.67. The summed E-state index contributed by atoms with van der Waals surface area (Å²) in [5.74, 6) is 0.478. The maximum absolute atomic E-state index is 12.1. The molecular weight excluding hydrogens is 212 g/mol. The van der Waals surface area contributed by atoms with Gasteiger partial charge in [0.05, 0.1) is 0 Å². The Morgan fingerprint density at radius 2 is 2.12 bits per heavy atom. The van der Waals surface area contributed by atoms with Crippen molar-refractivity contribution in [2.24, 2.45) is 5.92 Å². The zero-order valence-corrected chi connectivity index (χ0v) is 10.5. The standard InChI is InChI=1S/C14H20N2O/c1-11-10-15-9-8-14(11,2)16-13(17)12-6-4-3-5-7-12/h3-7,11,15H,8-10H2,1-2H3,(H,16,17). The van der Waals surface area contributed by atoms with Crippen LogP contribution in [-0.2, 0) is 0 Å². The van der Waals surface area contributed by atoms with E-state index in [1.807, 2.05) is 30.3 Å². The normalized spacial score (nSPS) is 28.7. The van der Waals surface area contributed by atoms with Crippen LogP contribution in [0, 0.1) is 5.92 Å². The topological polar surface area (TPSA) is 41.1 Å². The van der Waals surface area contributed by atoms with Crippen LogP contribution in [0.1, 0.15) is 30.6 Å². The van der Waals surface area contributed by atoms with Crippen LogP contribution >= 0.6 is 0 Å². The Morgan fingerprint density at radius 1 is 1.41 bits per heavy atom. The minimum Gasteiger partial charge on any atom is -0.347 e. The molecule has 0 radical (unpaired) electrons. The molecule has 3 nitrogen and oxygen atoms in total. The predicted octanol–water partition coefficient (Wildman–Crippen LogP) is 1.80. The van der Waals surface area contributed by atoms with Crippen molar-refractivity contribution in [1.29, 1.82) is 0 Å². The van der Waals surface area contributed by atoms with Crippen LogP contribution < -0.4 is 10.6 Å². The van der Waals surface area contributed by atoms with Crippen molar-refractivity contribution in [2.45, 2.75) is 25.8 Å². The Balaban J connectivity index is 2.07. The smallest absolute Gasteiger partial charge is 0.251 e. The molecule has 0 aliphatic carbocycles. The molecule has 0 spiro atoms. The van der Waals surface area contributed by atoms with Gasteiger partial charge in [0, 0.05) is 11.1 Å². The quantitative estimate of drug-likeness (QED) is 0.816. The summed E-state index contributed by atoms with van der Waals surface area (Å²) in [6, 6.07) is 9.41. The van der Waals surface area contributed by atoms with Gasteiger partial charge in [0.25, 0.3) is 5.91 Å². The Bertz CT molecular complexity index is 390. The van der Waals surface area contributed by atoms with Gasteiger partial charge in [0.15, 0.2) is 0 Å². The summed E-state index contributed by atoms with van der Waals surface area (Å²) in [6.45, 7) is 6.25. The Hall–Kier alpha value is -1.35. The van der Waals surface area contributed by atoms with Crippen LogP contribution in [0.15, 0.2) is 30.3 Å². The van der Waals surface area contributed by atoms with Gasteiger partial charge < -0.3 is 10.6 Å². The van der Waals surface area contributed by atoms with Gasteiger partial charge in [-0.3, -0.25) is 4.79 Å². The fourth-order valence-corrected chi connectivity index (χ4v) is 2.25. The summed E-state index contributed by atoms with van der Waals surface area (Å²) >= 11 is 0. The number of hydrogen-bond acceptors (Lipinski definition) is 2. The van der Waals surface area contributed by atoms with Crippen molar-refractivity contribution < 1.29 is 4.79 Å². The molecule has 17 heavy (non-hydrogen) atoms. The molecule has 0 saturated carbocycles. The molecule has 0 aromatic heterocycles. The highest BCUT2D eigenvalue weighted by Gasteiger charge is 2.34. The van der Waals surface area contributed by atoms with Crippen molar-refractivity contribution in [3.05, 3.63) is 35.9 Å². The van der Waals surface area contributed by atoms with E-state index in [-0.39, 0.29) is 11.4 Å². The Morgan fingerprint density at radius 3 is 2.76 bits per heavy atom. The highest BCUT2D eigenvalue weighted by Crippen LogP contribution is 2.23. The highest BCUT2D eigenvalue weighted by molar-refractivity contribution is 5.94. The minimum atomic E-state index is -0.0990. The molecule has 92 valence electrons. The maximum atomic E-state index is 12.1. The minimum absolute atomic E-state index is 0.0295. The first-order chi connectivity index (χ1) is 8.12. The number of rotatable bonds is 2. The number of benzene rings is 1. The molecule has 1 aliphatic heterocycles. The second-order valence-corrected chi connectivity index (χ2v) is 5.09. The summed E-state index contributed by atoms with van der Waals surface area (Å²) < 4.78 is 0. The molecule has 1 saturated heterocycles. The molecule has 1 amide bonds. The summed E-state index contributed by atoms with van der Waals surface area (Å²) in [5.41, 5.74) is 0.637. The fourth-order valence-electron chi connectivity index (χ4n) is 2.25. The van der Waals surface area contributed by atoms with E-state index in [1.54, 1.807) is 0 Å². The van der Waals surface area contributed by atoms with Crippen LogP contribution in [-0.4, -0.2) is 24.5 Å². The Kier molecular flexibility index (Phi) is 3.48. The van der Waals surface area contributed by atoms with E-state index in [9.17, 15) is 4.79 Å². The summed E-state index contributed by atoms with van der Waals surface area (Å²) in [7, 11) is 0. The number of piperidine rings is 1. The number of nitrogens with one attached hydrogen (secondary N) is 2. The lowest BCUT2D eigenvalue weighted by Crippen LogP contribution is -2.57. The largest absolute Gasteiger partial charge is 0.347 e. The molecule has 1 heterocycles. The SMILES string of the molecule is CC1CNCCC1(C)NC(=O)c1ccccc1. The molecule has 1 fully saturated rings. The van der Waals surface area contributed by atoms with Crippen molar-refractivity contribution in [3.63, 3.8) is 0 Å². The van der Waals surface area contributed by atoms with Crippen LogP contribution in [0.2, 0.25) is 0 Å². The summed E-state index contributed by atoms with van der Waals surface area (Å²) in [6.07, 6.45) is 0.979. The van der Waals surface area contributed by atoms with Gasteiger partial charge in [-0.25, -0.2) is 0 Å². The van der Waals surface area contributed by atoms with E-state index >= 15 is 0 Å². The molecule has 0 bridgehead atoms. The summed E-state index contributed by atoms with van der Waals surface area (Å²) in [4.78, 5) is 12.1. The van der Waals surface area contributed by atoms with E-state index in [4.69, 9.17) is 0 Å². The molecule has 2 N–H and O–H groups in total. The monoisotopic (exact) mass is 232 g/mol. The molecule has 2 unspecified atom stereocenters. The lowest BCUT2D eigenvalue weighted by molar-refractivity contribution is 0.0842. The van der Waals surface area contributed by atoms with Crippen LogP contribution in [0.4, 0.5) is 0 Å². The van der Waals surface area contributed by atoms with Crippen LogP contribution in [0.5, 0.6) is 0 Å². The van der Waals surface area contributed by atoms with Crippen LogP contribution in [0.3, 0.4) is 0 Å². The van der Waals surface area contributed by atoms with Crippen molar-refractivity contribution in [3.8, 4) is 0 Å². The van der Waals surface area contributed by atoms with E-state index in [0.717, 1.165) is 25.1 Å². The predicted molar refractivity (Wildman–Crippen MR) is 69.0 cm³/mol. The third-order valence-corrected chi connectivity index (χ3v) is 3.79. The zero-order valence-electron chi connectivity index (χ0n) is 10.5. The maximum Gasteiger partial charge on any atom is 0.251 e. The third-order valence-electron chi connectivity index (χ3n) is 3.79. The lowest BCUT2D eigenvalue weighted by Gasteiger charge is -2.40. The van der Waals surface area contributed by atoms with Gasteiger partial charge in [-0.05, 0) is 44.5 Å². The van der Waals surface area contributed by atoms with E-state index in [1.165, 1.54) is 0 Å². The first kappa shape index (κ1) is 12.1. The van der Waals surface area contributed by atoms with Gasteiger partial charge in [-0.2, -0.15) is 0 Å². The van der Waals surface area contributed by atoms with E-state index < -0.39 is 0 Å². The first-order valence-corrected chi connectivity index (χ1v) is 6.20. The van der Waals surface area contributed by atoms with Crippen molar-refractivity contribution in [2.75, 3.05) is 13.1 Å². The molecule has 2 atom stereocenters. The average molecular weight is 232 g/mol. The fraction of sp³-hybridized carbons (Fsp3) is 0.500. The number of hydrogen-bond donors (Lipinski definition) is 2. The molecule has 2 rings (SSSR count). The molecule has 1 aliphatic rings. The molecule has 1 aromatic rings. The van der Waals surface area contributed by atoms with Crippen molar-refractivity contribution >= 4 is 5.91 Å².